The summed E-state index contributed by atoms with van der Waals surface area (Å²) in [4.78, 5) is 11.3. The van der Waals surface area contributed by atoms with Crippen LogP contribution >= 0.6 is 34.8 Å². The molecule has 0 spiro atoms. The molecule has 2 nitrogen and oxygen atoms in total. The first-order valence-corrected chi connectivity index (χ1v) is 6.19. The van der Waals surface area contributed by atoms with Crippen LogP contribution in [0, 0.1) is 0 Å². The number of amides is 1. The van der Waals surface area contributed by atoms with Crippen molar-refractivity contribution in [2.24, 2.45) is 0 Å². The summed E-state index contributed by atoms with van der Waals surface area (Å²) in [5.41, 5.74) is 0.709. The maximum Gasteiger partial charge on any atom is 0.235 e. The molecule has 0 radical (unpaired) electrons. The Balaban J connectivity index is 2.23. The summed E-state index contributed by atoms with van der Waals surface area (Å²) >= 11 is 17.3. The first-order valence-electron chi connectivity index (χ1n) is 4.90. The Morgan fingerprint density at radius 1 is 1.31 bits per heavy atom. The molecule has 1 amide bonds. The Labute approximate surface area is 109 Å². The molecule has 1 aromatic carbocycles. The van der Waals surface area contributed by atoms with Crippen LogP contribution in [0.5, 0.6) is 0 Å². The van der Waals surface area contributed by atoms with Crippen LogP contribution in [0.4, 0.5) is 0 Å². The normalized spacial score (nSPS) is 16.9. The number of carbonyl (C=O) groups is 1. The lowest BCUT2D eigenvalue weighted by molar-refractivity contribution is -0.119. The van der Waals surface area contributed by atoms with Crippen molar-refractivity contribution < 1.29 is 4.79 Å². The van der Waals surface area contributed by atoms with E-state index in [1.807, 2.05) is 6.07 Å². The van der Waals surface area contributed by atoms with E-state index in [2.05, 4.69) is 5.32 Å². The molecular formula is C11H10Cl3NO. The van der Waals surface area contributed by atoms with Gasteiger partial charge in [0.15, 0.2) is 0 Å². The predicted molar refractivity (Wildman–Crippen MR) is 66.2 cm³/mol. The Morgan fingerprint density at radius 2 is 2.00 bits per heavy atom. The highest BCUT2D eigenvalue weighted by Gasteiger charge is 2.45. The molecule has 0 unspecified atom stereocenters. The molecule has 0 aliphatic heterocycles. The van der Waals surface area contributed by atoms with Gasteiger partial charge in [0.1, 0.15) is 5.88 Å². The molecule has 16 heavy (non-hydrogen) atoms. The van der Waals surface area contributed by atoms with Gasteiger partial charge < -0.3 is 5.32 Å². The summed E-state index contributed by atoms with van der Waals surface area (Å²) in [6, 6.07) is 5.42. The van der Waals surface area contributed by atoms with E-state index in [0.717, 1.165) is 18.4 Å². The van der Waals surface area contributed by atoms with E-state index in [1.54, 1.807) is 12.1 Å². The zero-order chi connectivity index (χ0) is 11.8. The molecule has 0 aromatic heterocycles. The minimum atomic E-state index is -0.278. The van der Waals surface area contributed by atoms with Gasteiger partial charge in [-0.1, -0.05) is 29.3 Å². The summed E-state index contributed by atoms with van der Waals surface area (Å²) in [6.07, 6.45) is 1.82. The summed E-state index contributed by atoms with van der Waals surface area (Å²) in [7, 11) is 0. The average Bonchev–Trinajstić information content (AvgIpc) is 3.03. The smallest absolute Gasteiger partial charge is 0.235 e. The molecule has 0 saturated heterocycles. The predicted octanol–water partition coefficient (Wildman–Crippen LogP) is 3.34. The van der Waals surface area contributed by atoms with Crippen molar-refractivity contribution >= 4 is 40.7 Å². The molecule has 86 valence electrons. The van der Waals surface area contributed by atoms with E-state index in [0.29, 0.717) is 10.0 Å². The minimum Gasteiger partial charge on any atom is -0.346 e. The van der Waals surface area contributed by atoms with Gasteiger partial charge >= 0.3 is 0 Å². The zero-order valence-corrected chi connectivity index (χ0v) is 10.7. The van der Waals surface area contributed by atoms with Crippen LogP contribution in [0.1, 0.15) is 18.4 Å². The van der Waals surface area contributed by atoms with Gasteiger partial charge in [-0.15, -0.1) is 11.6 Å². The number of hydrogen-bond donors (Lipinski definition) is 1. The molecular weight excluding hydrogens is 268 g/mol. The first-order chi connectivity index (χ1) is 7.57. The van der Waals surface area contributed by atoms with Crippen molar-refractivity contribution in [1.29, 1.82) is 0 Å². The van der Waals surface area contributed by atoms with Gasteiger partial charge in [0.05, 0.1) is 15.6 Å². The molecule has 0 heterocycles. The molecule has 1 fully saturated rings. The van der Waals surface area contributed by atoms with E-state index >= 15 is 0 Å². The van der Waals surface area contributed by atoms with E-state index in [9.17, 15) is 4.79 Å². The van der Waals surface area contributed by atoms with E-state index in [-0.39, 0.29) is 17.3 Å². The topological polar surface area (TPSA) is 29.1 Å². The van der Waals surface area contributed by atoms with Crippen molar-refractivity contribution in [3.63, 3.8) is 0 Å². The lowest BCUT2D eigenvalue weighted by atomic mass is 10.1. The summed E-state index contributed by atoms with van der Waals surface area (Å²) in [5.74, 6) is -0.187. The second-order valence-electron chi connectivity index (χ2n) is 3.89. The van der Waals surface area contributed by atoms with Crippen molar-refractivity contribution in [2.45, 2.75) is 18.4 Å². The molecule has 1 saturated carbocycles. The largest absolute Gasteiger partial charge is 0.346 e. The van der Waals surface area contributed by atoms with Gasteiger partial charge in [-0.3, -0.25) is 4.79 Å². The lowest BCUT2D eigenvalue weighted by Gasteiger charge is -2.17. The third-order valence-corrected chi connectivity index (χ3v) is 3.70. The Morgan fingerprint density at radius 3 is 2.50 bits per heavy atom. The molecule has 0 bridgehead atoms. The van der Waals surface area contributed by atoms with Gasteiger partial charge in [-0.2, -0.15) is 0 Å². The van der Waals surface area contributed by atoms with Gasteiger partial charge in [0, 0.05) is 0 Å². The fourth-order valence-electron chi connectivity index (χ4n) is 1.70. The number of rotatable bonds is 3. The number of nitrogens with one attached hydrogen (secondary N) is 1. The molecule has 0 atom stereocenters. The summed E-state index contributed by atoms with van der Waals surface area (Å²) in [5, 5.41) is 3.93. The van der Waals surface area contributed by atoms with Gasteiger partial charge in [0.25, 0.3) is 0 Å². The Bertz CT molecular complexity index is 429. The van der Waals surface area contributed by atoms with Crippen LogP contribution in [0.25, 0.3) is 0 Å². The van der Waals surface area contributed by atoms with Crippen molar-refractivity contribution in [3.05, 3.63) is 33.8 Å². The number of hydrogen-bond acceptors (Lipinski definition) is 1. The third-order valence-electron chi connectivity index (χ3n) is 2.72. The fourth-order valence-corrected chi connectivity index (χ4v) is 2.07. The van der Waals surface area contributed by atoms with E-state index in [1.165, 1.54) is 0 Å². The zero-order valence-electron chi connectivity index (χ0n) is 8.40. The standard InChI is InChI=1S/C11H10Cl3NO/c12-6-10(16)15-11(3-4-11)7-1-2-8(13)9(14)5-7/h1-2,5H,3-4,6H2,(H,15,16). The fraction of sp³-hybridized carbons (Fsp3) is 0.364. The number of benzene rings is 1. The highest BCUT2D eigenvalue weighted by molar-refractivity contribution is 6.42. The van der Waals surface area contributed by atoms with Crippen LogP contribution < -0.4 is 5.32 Å². The Hall–Kier alpha value is -0.440. The molecule has 1 N–H and O–H groups in total. The lowest BCUT2D eigenvalue weighted by Crippen LogP contribution is -2.35. The van der Waals surface area contributed by atoms with Gasteiger partial charge in [0.2, 0.25) is 5.91 Å². The monoisotopic (exact) mass is 277 g/mol. The van der Waals surface area contributed by atoms with Gasteiger partial charge in [-0.25, -0.2) is 0 Å². The van der Waals surface area contributed by atoms with Crippen molar-refractivity contribution in [1.82, 2.24) is 5.32 Å². The highest BCUT2D eigenvalue weighted by atomic mass is 35.5. The highest BCUT2D eigenvalue weighted by Crippen LogP contribution is 2.46. The second kappa shape index (κ2) is 4.44. The van der Waals surface area contributed by atoms with Crippen LogP contribution in [-0.4, -0.2) is 11.8 Å². The van der Waals surface area contributed by atoms with E-state index < -0.39 is 0 Å². The maximum absolute atomic E-state index is 11.3. The summed E-state index contributed by atoms with van der Waals surface area (Å²) < 4.78 is 0. The van der Waals surface area contributed by atoms with Crippen LogP contribution in [0.3, 0.4) is 0 Å². The quantitative estimate of drug-likeness (QED) is 0.844. The Kier molecular flexibility index (Phi) is 3.34. The first kappa shape index (κ1) is 12.0. The molecule has 1 aliphatic carbocycles. The number of alkyl halides is 1. The van der Waals surface area contributed by atoms with Crippen LogP contribution in [0.2, 0.25) is 10.0 Å². The van der Waals surface area contributed by atoms with Crippen molar-refractivity contribution in [2.75, 3.05) is 5.88 Å². The molecule has 1 aliphatic rings. The van der Waals surface area contributed by atoms with Crippen LogP contribution in [0.15, 0.2) is 18.2 Å². The number of halogens is 3. The second-order valence-corrected chi connectivity index (χ2v) is 4.97. The average molecular weight is 279 g/mol. The summed E-state index contributed by atoms with van der Waals surface area (Å²) in [6.45, 7) is 0. The molecule has 1 aromatic rings. The van der Waals surface area contributed by atoms with Gasteiger partial charge in [-0.05, 0) is 30.5 Å². The minimum absolute atomic E-state index is 0.0247. The third kappa shape index (κ3) is 2.29. The number of carbonyl (C=O) groups excluding carboxylic acids is 1. The maximum atomic E-state index is 11.3. The van der Waals surface area contributed by atoms with Crippen LogP contribution in [-0.2, 0) is 10.3 Å². The van der Waals surface area contributed by atoms with E-state index in [4.69, 9.17) is 34.8 Å². The van der Waals surface area contributed by atoms with Crippen molar-refractivity contribution in [3.8, 4) is 0 Å². The molecule has 2 rings (SSSR count). The molecule has 5 heteroatoms. The SMILES string of the molecule is O=C(CCl)NC1(c2ccc(Cl)c(Cl)c2)CC1.